The van der Waals surface area contributed by atoms with Crippen molar-refractivity contribution in [1.29, 1.82) is 5.26 Å². The van der Waals surface area contributed by atoms with E-state index in [0.717, 1.165) is 0 Å². The summed E-state index contributed by atoms with van der Waals surface area (Å²) in [6, 6.07) is 10.4. The predicted molar refractivity (Wildman–Crippen MR) is 66.4 cm³/mol. The van der Waals surface area contributed by atoms with Gasteiger partial charge in [0.05, 0.1) is 12.8 Å². The van der Waals surface area contributed by atoms with Crippen LogP contribution in [0.2, 0.25) is 0 Å². The highest BCUT2D eigenvalue weighted by Gasteiger charge is 2.08. The Hall–Kier alpha value is -2.74. The molecule has 18 heavy (non-hydrogen) atoms. The van der Waals surface area contributed by atoms with E-state index in [-0.39, 0.29) is 5.69 Å². The molecule has 0 atom stereocenters. The minimum Gasteiger partial charge on any atom is -0.497 e. The highest BCUT2D eigenvalue weighted by Crippen LogP contribution is 2.31. The van der Waals surface area contributed by atoms with Crippen LogP contribution in [0.4, 0.5) is 5.69 Å². The van der Waals surface area contributed by atoms with Gasteiger partial charge in [0.1, 0.15) is 11.8 Å². The van der Waals surface area contributed by atoms with Gasteiger partial charge in [0, 0.05) is 12.3 Å². The molecule has 0 amide bonds. The summed E-state index contributed by atoms with van der Waals surface area (Å²) in [5.74, 6) is 1.48. The van der Waals surface area contributed by atoms with Crippen molar-refractivity contribution in [2.24, 2.45) is 0 Å². The number of nitrogens with zero attached hydrogens (tertiary/aromatic N) is 2. The van der Waals surface area contributed by atoms with E-state index in [1.54, 1.807) is 37.4 Å². The van der Waals surface area contributed by atoms with Crippen molar-refractivity contribution in [3.05, 3.63) is 42.2 Å². The topological polar surface area (TPSA) is 81.2 Å². The summed E-state index contributed by atoms with van der Waals surface area (Å²) in [6.07, 6.45) is 1.53. The molecule has 0 aliphatic carbocycles. The molecule has 0 saturated carbocycles. The third-order valence-corrected chi connectivity index (χ3v) is 2.31. The second kappa shape index (κ2) is 5.06. The van der Waals surface area contributed by atoms with Crippen LogP contribution in [0.5, 0.6) is 17.2 Å². The van der Waals surface area contributed by atoms with E-state index >= 15 is 0 Å². The fourth-order valence-electron chi connectivity index (χ4n) is 1.42. The van der Waals surface area contributed by atoms with Crippen LogP contribution in [0, 0.1) is 11.3 Å². The van der Waals surface area contributed by atoms with Gasteiger partial charge in [-0.25, -0.2) is 4.98 Å². The first kappa shape index (κ1) is 11.7. The zero-order valence-electron chi connectivity index (χ0n) is 9.75. The first-order valence-corrected chi connectivity index (χ1v) is 5.21. The lowest BCUT2D eigenvalue weighted by molar-refractivity contribution is 0.413. The average molecular weight is 241 g/mol. The predicted octanol–water partition coefficient (Wildman–Crippen LogP) is 2.34. The van der Waals surface area contributed by atoms with Crippen molar-refractivity contribution in [2.75, 3.05) is 12.8 Å². The summed E-state index contributed by atoms with van der Waals surface area (Å²) in [7, 11) is 1.56. The van der Waals surface area contributed by atoms with Gasteiger partial charge >= 0.3 is 0 Å². The van der Waals surface area contributed by atoms with Crippen LogP contribution in [0.15, 0.2) is 36.5 Å². The Balaban J connectivity index is 2.32. The Kier molecular flexibility index (Phi) is 3.30. The zero-order valence-corrected chi connectivity index (χ0v) is 9.75. The van der Waals surface area contributed by atoms with Gasteiger partial charge in [0.25, 0.3) is 0 Å². The van der Waals surface area contributed by atoms with Gasteiger partial charge in [-0.1, -0.05) is 0 Å². The van der Waals surface area contributed by atoms with Crippen molar-refractivity contribution in [1.82, 2.24) is 4.98 Å². The van der Waals surface area contributed by atoms with Gasteiger partial charge in [-0.3, -0.25) is 0 Å². The van der Waals surface area contributed by atoms with Crippen LogP contribution < -0.4 is 15.2 Å². The minimum absolute atomic E-state index is 0.215. The lowest BCUT2D eigenvalue weighted by Gasteiger charge is -2.10. The molecule has 5 nitrogen and oxygen atoms in total. The highest BCUT2D eigenvalue weighted by molar-refractivity contribution is 5.58. The standard InChI is InChI=1S/C13H11N3O2/c1-17-9-4-5-12(10(15)7-9)18-13-3-2-6-16-11(13)8-14/h2-7H,15H2,1H3. The number of rotatable bonds is 3. The van der Waals surface area contributed by atoms with Crippen LogP contribution in [0.3, 0.4) is 0 Å². The van der Waals surface area contributed by atoms with Crippen molar-refractivity contribution in [3.8, 4) is 23.3 Å². The number of methoxy groups -OCH3 is 1. The van der Waals surface area contributed by atoms with Crippen molar-refractivity contribution in [3.63, 3.8) is 0 Å². The van der Waals surface area contributed by atoms with Gasteiger partial charge in [0.2, 0.25) is 0 Å². The average Bonchev–Trinajstić information content (AvgIpc) is 2.41. The third-order valence-electron chi connectivity index (χ3n) is 2.31. The molecule has 90 valence electrons. The maximum Gasteiger partial charge on any atom is 0.183 e. The summed E-state index contributed by atoms with van der Waals surface area (Å²) in [6.45, 7) is 0. The molecule has 0 aliphatic heterocycles. The highest BCUT2D eigenvalue weighted by atomic mass is 16.5. The van der Waals surface area contributed by atoms with Crippen molar-refractivity contribution in [2.45, 2.75) is 0 Å². The lowest BCUT2D eigenvalue weighted by atomic mass is 10.2. The Labute approximate surface area is 104 Å². The normalized spacial score (nSPS) is 9.56. The molecule has 2 N–H and O–H groups in total. The molecular weight excluding hydrogens is 230 g/mol. The van der Waals surface area contributed by atoms with Gasteiger partial charge in [0.15, 0.2) is 17.2 Å². The molecule has 0 fully saturated rings. The Bertz CT molecular complexity index is 605. The van der Waals surface area contributed by atoms with E-state index < -0.39 is 0 Å². The van der Waals surface area contributed by atoms with E-state index in [4.69, 9.17) is 20.5 Å². The molecule has 5 heteroatoms. The SMILES string of the molecule is COc1ccc(Oc2cccnc2C#N)c(N)c1. The van der Waals surface area contributed by atoms with Crippen molar-refractivity contribution < 1.29 is 9.47 Å². The molecule has 0 bridgehead atoms. The molecule has 2 aromatic rings. The molecule has 0 saturated heterocycles. The molecule has 2 rings (SSSR count). The lowest BCUT2D eigenvalue weighted by Crippen LogP contribution is -1.95. The van der Waals surface area contributed by atoms with Gasteiger partial charge in [-0.05, 0) is 24.3 Å². The van der Waals surface area contributed by atoms with E-state index in [9.17, 15) is 0 Å². The Morgan fingerprint density at radius 1 is 1.28 bits per heavy atom. The number of anilines is 1. The molecular formula is C13H11N3O2. The fourth-order valence-corrected chi connectivity index (χ4v) is 1.42. The maximum atomic E-state index is 8.90. The van der Waals surface area contributed by atoms with Crippen LogP contribution in [-0.4, -0.2) is 12.1 Å². The van der Waals surface area contributed by atoms with Crippen LogP contribution in [0.25, 0.3) is 0 Å². The fraction of sp³-hybridized carbons (Fsp3) is 0.0769. The summed E-state index contributed by atoms with van der Waals surface area (Å²) in [5, 5.41) is 8.90. The first-order valence-electron chi connectivity index (χ1n) is 5.21. The Morgan fingerprint density at radius 2 is 2.11 bits per heavy atom. The molecule has 0 aliphatic rings. The quantitative estimate of drug-likeness (QED) is 0.834. The molecule has 1 heterocycles. The van der Waals surface area contributed by atoms with Crippen LogP contribution in [0.1, 0.15) is 5.69 Å². The van der Waals surface area contributed by atoms with Crippen LogP contribution >= 0.6 is 0 Å². The summed E-state index contributed by atoms with van der Waals surface area (Å²) in [4.78, 5) is 3.91. The maximum absolute atomic E-state index is 8.90. The summed E-state index contributed by atoms with van der Waals surface area (Å²) in [5.41, 5.74) is 6.48. The monoisotopic (exact) mass is 241 g/mol. The second-order valence-corrected chi connectivity index (χ2v) is 3.47. The molecule has 1 aromatic heterocycles. The smallest absolute Gasteiger partial charge is 0.183 e. The summed E-state index contributed by atoms with van der Waals surface area (Å²) >= 11 is 0. The summed E-state index contributed by atoms with van der Waals surface area (Å²) < 4.78 is 10.6. The Morgan fingerprint density at radius 3 is 2.78 bits per heavy atom. The molecule has 0 radical (unpaired) electrons. The second-order valence-electron chi connectivity index (χ2n) is 3.47. The molecule has 1 aromatic carbocycles. The van der Waals surface area contributed by atoms with Crippen molar-refractivity contribution >= 4 is 5.69 Å². The van der Waals surface area contributed by atoms with Gasteiger partial charge in [-0.15, -0.1) is 0 Å². The number of hydrogen-bond donors (Lipinski definition) is 1. The van der Waals surface area contributed by atoms with E-state index in [1.807, 2.05) is 6.07 Å². The number of nitrogen functional groups attached to an aromatic ring is 1. The molecule has 0 unspecified atom stereocenters. The van der Waals surface area contributed by atoms with Crippen LogP contribution in [-0.2, 0) is 0 Å². The third kappa shape index (κ3) is 2.33. The van der Waals surface area contributed by atoms with Gasteiger partial charge in [-0.2, -0.15) is 5.26 Å². The van der Waals surface area contributed by atoms with E-state index in [1.165, 1.54) is 6.20 Å². The van der Waals surface area contributed by atoms with E-state index in [2.05, 4.69) is 4.98 Å². The number of nitriles is 1. The first-order chi connectivity index (χ1) is 8.74. The number of hydrogen-bond acceptors (Lipinski definition) is 5. The van der Waals surface area contributed by atoms with E-state index in [0.29, 0.717) is 22.9 Å². The van der Waals surface area contributed by atoms with Gasteiger partial charge < -0.3 is 15.2 Å². The molecule has 0 spiro atoms. The number of ether oxygens (including phenoxy) is 2. The number of pyridine rings is 1. The zero-order chi connectivity index (χ0) is 13.0. The number of nitrogens with two attached hydrogens (primary N) is 1. The largest absolute Gasteiger partial charge is 0.497 e. The number of aromatic nitrogens is 1. The number of benzene rings is 1. The minimum atomic E-state index is 0.215.